The average molecular weight is 290 g/mol. The second-order valence-electron chi connectivity index (χ2n) is 6.52. The largest absolute Gasteiger partial charge is 0.491 e. The fourth-order valence-electron chi connectivity index (χ4n) is 3.03. The van der Waals surface area contributed by atoms with Gasteiger partial charge in [0.2, 0.25) is 0 Å². The van der Waals surface area contributed by atoms with Crippen LogP contribution in [0.2, 0.25) is 0 Å². The summed E-state index contributed by atoms with van der Waals surface area (Å²) in [5, 5.41) is 0. The van der Waals surface area contributed by atoms with E-state index < -0.39 is 0 Å². The molecule has 1 aromatic carbocycles. The molecule has 3 heteroatoms. The van der Waals surface area contributed by atoms with E-state index in [1.165, 1.54) is 30.5 Å². The van der Waals surface area contributed by atoms with Crippen molar-refractivity contribution in [3.63, 3.8) is 0 Å². The summed E-state index contributed by atoms with van der Waals surface area (Å²) < 4.78 is 6.11. The first-order chi connectivity index (χ1) is 10.1. The van der Waals surface area contributed by atoms with Crippen LogP contribution in [0.3, 0.4) is 0 Å². The molecule has 0 aromatic heterocycles. The maximum Gasteiger partial charge on any atom is 0.142 e. The van der Waals surface area contributed by atoms with Gasteiger partial charge in [-0.25, -0.2) is 0 Å². The summed E-state index contributed by atoms with van der Waals surface area (Å²) in [7, 11) is 0. The molecule has 1 saturated heterocycles. The van der Waals surface area contributed by atoms with Crippen molar-refractivity contribution in [2.75, 3.05) is 24.6 Å². The number of nitrogens with two attached hydrogens (primary N) is 1. The van der Waals surface area contributed by atoms with E-state index in [-0.39, 0.29) is 6.04 Å². The summed E-state index contributed by atoms with van der Waals surface area (Å²) in [6, 6.07) is 6.76. The third kappa shape index (κ3) is 4.63. The van der Waals surface area contributed by atoms with E-state index in [2.05, 4.69) is 43.9 Å². The van der Waals surface area contributed by atoms with E-state index in [4.69, 9.17) is 10.5 Å². The molecule has 0 spiro atoms. The Bertz CT molecular complexity index is 447. The van der Waals surface area contributed by atoms with Gasteiger partial charge in [-0.05, 0) is 49.8 Å². The molecule has 1 aliphatic heterocycles. The summed E-state index contributed by atoms with van der Waals surface area (Å²) in [6.45, 7) is 9.43. The molecule has 0 radical (unpaired) electrons. The smallest absolute Gasteiger partial charge is 0.142 e. The van der Waals surface area contributed by atoms with Crippen molar-refractivity contribution in [3.05, 3.63) is 23.8 Å². The third-order valence-electron chi connectivity index (χ3n) is 4.22. The van der Waals surface area contributed by atoms with Crippen LogP contribution in [0.4, 0.5) is 5.69 Å². The van der Waals surface area contributed by atoms with Crippen LogP contribution in [0.5, 0.6) is 5.75 Å². The Hall–Kier alpha value is -1.22. The van der Waals surface area contributed by atoms with Crippen LogP contribution in [-0.4, -0.2) is 25.7 Å². The Morgan fingerprint density at radius 2 is 2.24 bits per heavy atom. The highest BCUT2D eigenvalue weighted by molar-refractivity contribution is 5.60. The lowest BCUT2D eigenvalue weighted by Crippen LogP contribution is -2.43. The predicted molar refractivity (Wildman–Crippen MR) is 90.2 cm³/mol. The van der Waals surface area contributed by atoms with Crippen molar-refractivity contribution in [2.45, 2.75) is 52.5 Å². The topological polar surface area (TPSA) is 38.5 Å². The molecule has 2 unspecified atom stereocenters. The summed E-state index contributed by atoms with van der Waals surface area (Å²) in [5.74, 6) is 1.62. The fourth-order valence-corrected chi connectivity index (χ4v) is 3.03. The Balaban J connectivity index is 2.09. The Labute approximate surface area is 129 Å². The number of hydrogen-bond donors (Lipinski definition) is 1. The zero-order valence-corrected chi connectivity index (χ0v) is 13.8. The molecule has 3 nitrogen and oxygen atoms in total. The lowest BCUT2D eigenvalue weighted by molar-refractivity contribution is 0.251. The van der Waals surface area contributed by atoms with Crippen LogP contribution in [0.1, 0.15) is 45.1 Å². The second-order valence-corrected chi connectivity index (χ2v) is 6.52. The van der Waals surface area contributed by atoms with Crippen molar-refractivity contribution in [3.8, 4) is 5.75 Å². The number of piperidine rings is 1. The van der Waals surface area contributed by atoms with Gasteiger partial charge in [0.25, 0.3) is 0 Å². The van der Waals surface area contributed by atoms with Gasteiger partial charge in [0.15, 0.2) is 0 Å². The SMILES string of the molecule is CCCC(C)COc1ccc(C)cc1N1CCCC(N)C1. The van der Waals surface area contributed by atoms with E-state index in [9.17, 15) is 0 Å². The molecule has 2 atom stereocenters. The van der Waals surface area contributed by atoms with Gasteiger partial charge in [0, 0.05) is 19.1 Å². The van der Waals surface area contributed by atoms with Gasteiger partial charge in [-0.2, -0.15) is 0 Å². The van der Waals surface area contributed by atoms with E-state index in [1.54, 1.807) is 0 Å². The van der Waals surface area contributed by atoms with Gasteiger partial charge in [-0.1, -0.05) is 26.3 Å². The number of ether oxygens (including phenoxy) is 1. The van der Waals surface area contributed by atoms with Gasteiger partial charge >= 0.3 is 0 Å². The van der Waals surface area contributed by atoms with Crippen molar-refractivity contribution in [1.29, 1.82) is 0 Å². The van der Waals surface area contributed by atoms with Gasteiger partial charge in [0.05, 0.1) is 12.3 Å². The predicted octanol–water partition coefficient (Wildman–Crippen LogP) is 3.74. The standard InChI is InChI=1S/C18H30N2O/c1-4-6-15(3)13-21-18-9-8-14(2)11-17(18)20-10-5-7-16(19)12-20/h8-9,11,15-16H,4-7,10,12-13,19H2,1-3H3. The van der Waals surface area contributed by atoms with E-state index in [0.717, 1.165) is 31.9 Å². The van der Waals surface area contributed by atoms with Crippen molar-refractivity contribution < 1.29 is 4.74 Å². The minimum atomic E-state index is 0.283. The van der Waals surface area contributed by atoms with Crippen molar-refractivity contribution >= 4 is 5.69 Å². The molecule has 1 heterocycles. The molecule has 0 saturated carbocycles. The Morgan fingerprint density at radius 3 is 2.95 bits per heavy atom. The number of aryl methyl sites for hydroxylation is 1. The lowest BCUT2D eigenvalue weighted by atomic mass is 10.0. The maximum absolute atomic E-state index is 6.13. The molecule has 1 aliphatic rings. The highest BCUT2D eigenvalue weighted by Gasteiger charge is 2.20. The third-order valence-corrected chi connectivity index (χ3v) is 4.22. The number of hydrogen-bond acceptors (Lipinski definition) is 3. The number of nitrogens with zero attached hydrogens (tertiary/aromatic N) is 1. The van der Waals surface area contributed by atoms with Crippen molar-refractivity contribution in [1.82, 2.24) is 0 Å². The van der Waals surface area contributed by atoms with Crippen LogP contribution < -0.4 is 15.4 Å². The number of rotatable bonds is 6. The quantitative estimate of drug-likeness (QED) is 0.867. The van der Waals surface area contributed by atoms with E-state index in [1.807, 2.05) is 0 Å². The Morgan fingerprint density at radius 1 is 1.43 bits per heavy atom. The minimum absolute atomic E-state index is 0.283. The van der Waals surface area contributed by atoms with Crippen LogP contribution in [0.25, 0.3) is 0 Å². The molecule has 1 aromatic rings. The number of benzene rings is 1. The monoisotopic (exact) mass is 290 g/mol. The normalized spacial score (nSPS) is 20.4. The maximum atomic E-state index is 6.13. The molecule has 0 aliphatic carbocycles. The fraction of sp³-hybridized carbons (Fsp3) is 0.667. The molecule has 2 N–H and O–H groups in total. The summed E-state index contributed by atoms with van der Waals surface area (Å²) >= 11 is 0. The van der Waals surface area contributed by atoms with E-state index >= 15 is 0 Å². The molecular formula is C18H30N2O. The van der Waals surface area contributed by atoms with Crippen molar-refractivity contribution in [2.24, 2.45) is 11.7 Å². The minimum Gasteiger partial charge on any atom is -0.491 e. The number of anilines is 1. The molecule has 0 bridgehead atoms. The van der Waals surface area contributed by atoms with Crippen LogP contribution in [0.15, 0.2) is 18.2 Å². The zero-order valence-electron chi connectivity index (χ0n) is 13.8. The van der Waals surface area contributed by atoms with Crippen LogP contribution in [0, 0.1) is 12.8 Å². The molecule has 0 amide bonds. The van der Waals surface area contributed by atoms with Gasteiger partial charge in [-0.3, -0.25) is 0 Å². The highest BCUT2D eigenvalue weighted by Crippen LogP contribution is 2.32. The van der Waals surface area contributed by atoms with E-state index in [0.29, 0.717) is 5.92 Å². The average Bonchev–Trinajstić information content (AvgIpc) is 2.46. The Kier molecular flexibility index (Phi) is 5.92. The van der Waals surface area contributed by atoms with Crippen LogP contribution in [-0.2, 0) is 0 Å². The molecule has 1 fully saturated rings. The summed E-state index contributed by atoms with van der Waals surface area (Å²) in [6.07, 6.45) is 4.73. The molecular weight excluding hydrogens is 260 g/mol. The molecule has 2 rings (SSSR count). The summed E-state index contributed by atoms with van der Waals surface area (Å²) in [4.78, 5) is 2.39. The van der Waals surface area contributed by atoms with Gasteiger partial charge in [0.1, 0.15) is 5.75 Å². The van der Waals surface area contributed by atoms with Crippen LogP contribution >= 0.6 is 0 Å². The highest BCUT2D eigenvalue weighted by atomic mass is 16.5. The first kappa shape index (κ1) is 16.2. The second kappa shape index (κ2) is 7.69. The summed E-state index contributed by atoms with van der Waals surface area (Å²) in [5.41, 5.74) is 8.62. The molecule has 21 heavy (non-hydrogen) atoms. The lowest BCUT2D eigenvalue weighted by Gasteiger charge is -2.34. The zero-order chi connectivity index (χ0) is 15.2. The van der Waals surface area contributed by atoms with Gasteiger partial charge in [-0.15, -0.1) is 0 Å². The first-order valence-electron chi connectivity index (χ1n) is 8.34. The molecule has 118 valence electrons. The van der Waals surface area contributed by atoms with Gasteiger partial charge < -0.3 is 15.4 Å². The first-order valence-corrected chi connectivity index (χ1v) is 8.34.